The Balaban J connectivity index is 1.63. The number of carbonyl (C=O) groups excluding carboxylic acids is 2. The molecule has 39 heavy (non-hydrogen) atoms. The summed E-state index contributed by atoms with van der Waals surface area (Å²) in [5.74, 6) is 0.149. The number of nitrogens with zero attached hydrogens (tertiary/aromatic N) is 2. The molecule has 1 aliphatic heterocycles. The average molecular weight is 527 g/mol. The van der Waals surface area contributed by atoms with Crippen LogP contribution in [0.2, 0.25) is 0 Å². The number of methoxy groups -OCH3 is 1. The van der Waals surface area contributed by atoms with E-state index in [0.29, 0.717) is 35.0 Å². The summed E-state index contributed by atoms with van der Waals surface area (Å²) in [5.41, 5.74) is 2.61. The lowest BCUT2D eigenvalue weighted by Gasteiger charge is -2.27. The predicted molar refractivity (Wildman–Crippen MR) is 143 cm³/mol. The van der Waals surface area contributed by atoms with Gasteiger partial charge in [-0.15, -0.1) is 0 Å². The number of amides is 2. The summed E-state index contributed by atoms with van der Waals surface area (Å²) in [7, 11) is 1.55. The van der Waals surface area contributed by atoms with Crippen LogP contribution in [0.5, 0.6) is 17.2 Å². The van der Waals surface area contributed by atoms with E-state index in [1.165, 1.54) is 12.1 Å². The molecule has 0 saturated carbocycles. The zero-order valence-electron chi connectivity index (χ0n) is 21.9. The van der Waals surface area contributed by atoms with Crippen LogP contribution in [0.15, 0.2) is 83.4 Å². The molecule has 7 nitrogen and oxygen atoms in total. The van der Waals surface area contributed by atoms with Gasteiger partial charge in [-0.25, -0.2) is 4.39 Å². The van der Waals surface area contributed by atoms with Gasteiger partial charge < -0.3 is 14.2 Å². The summed E-state index contributed by atoms with van der Waals surface area (Å²) >= 11 is 0. The zero-order valence-corrected chi connectivity index (χ0v) is 21.9. The number of hydrogen-bond donors (Lipinski definition) is 0. The molecule has 0 aromatic heterocycles. The van der Waals surface area contributed by atoms with Crippen LogP contribution < -0.4 is 14.2 Å². The lowest BCUT2D eigenvalue weighted by atomic mass is 9.93. The van der Waals surface area contributed by atoms with E-state index in [-0.39, 0.29) is 30.1 Å². The Labute approximate surface area is 226 Å². The monoisotopic (exact) mass is 526 g/mol. The van der Waals surface area contributed by atoms with Crippen molar-refractivity contribution in [3.8, 4) is 23.3 Å². The first-order chi connectivity index (χ1) is 18.8. The maximum atomic E-state index is 13.5. The Kier molecular flexibility index (Phi) is 8.42. The van der Waals surface area contributed by atoms with Crippen molar-refractivity contribution in [1.29, 1.82) is 5.26 Å². The molecule has 0 saturated heterocycles. The van der Waals surface area contributed by atoms with Crippen LogP contribution in [0.4, 0.5) is 4.39 Å². The number of hydrogen-bond acceptors (Lipinski definition) is 6. The first kappa shape index (κ1) is 27.1. The minimum absolute atomic E-state index is 0.0117. The molecule has 0 fully saturated rings. The van der Waals surface area contributed by atoms with Crippen LogP contribution >= 0.6 is 0 Å². The fraction of sp³-hybridized carbons (Fsp3) is 0.194. The van der Waals surface area contributed by atoms with Gasteiger partial charge in [0.05, 0.1) is 20.3 Å². The molecular weight excluding hydrogens is 499 g/mol. The van der Waals surface area contributed by atoms with Crippen LogP contribution in [0, 0.1) is 17.1 Å². The molecule has 0 atom stereocenters. The van der Waals surface area contributed by atoms with Gasteiger partial charge in [0.15, 0.2) is 11.5 Å². The second-order valence-electron chi connectivity index (χ2n) is 8.77. The fourth-order valence-electron chi connectivity index (χ4n) is 4.10. The maximum Gasteiger partial charge on any atom is 0.271 e. The highest BCUT2D eigenvalue weighted by Gasteiger charge is 2.35. The molecule has 0 spiro atoms. The first-order valence-electron chi connectivity index (χ1n) is 12.3. The molecule has 0 aliphatic carbocycles. The van der Waals surface area contributed by atoms with Crippen molar-refractivity contribution in [3.05, 3.63) is 106 Å². The molecule has 0 N–H and O–H groups in total. The number of ether oxygens (including phenoxy) is 3. The third-order valence-corrected chi connectivity index (χ3v) is 6.21. The van der Waals surface area contributed by atoms with Gasteiger partial charge in [0, 0.05) is 5.57 Å². The van der Waals surface area contributed by atoms with E-state index in [1.807, 2.05) is 13.0 Å². The van der Waals surface area contributed by atoms with Crippen LogP contribution in [-0.4, -0.2) is 30.4 Å². The van der Waals surface area contributed by atoms with Crippen molar-refractivity contribution in [3.63, 3.8) is 0 Å². The quantitative estimate of drug-likeness (QED) is 0.266. The summed E-state index contributed by atoms with van der Waals surface area (Å²) < 4.78 is 30.0. The number of benzene rings is 3. The van der Waals surface area contributed by atoms with E-state index in [9.17, 15) is 19.2 Å². The van der Waals surface area contributed by atoms with Crippen LogP contribution in [0.3, 0.4) is 0 Å². The first-order valence-corrected chi connectivity index (χ1v) is 12.3. The number of rotatable bonds is 9. The van der Waals surface area contributed by atoms with E-state index in [0.717, 1.165) is 16.0 Å². The summed E-state index contributed by atoms with van der Waals surface area (Å²) in [6.45, 7) is 4.04. The molecule has 0 unspecified atom stereocenters. The summed E-state index contributed by atoms with van der Waals surface area (Å²) in [4.78, 5) is 27.6. The smallest absolute Gasteiger partial charge is 0.271 e. The second-order valence-corrected chi connectivity index (χ2v) is 8.77. The molecular formula is C31H27FN2O5. The zero-order chi connectivity index (χ0) is 27.9. The average Bonchev–Trinajstić information content (AvgIpc) is 2.94. The summed E-state index contributed by atoms with van der Waals surface area (Å²) in [6, 6.07) is 20.2. The van der Waals surface area contributed by atoms with Crippen molar-refractivity contribution >= 4 is 17.9 Å². The van der Waals surface area contributed by atoms with Gasteiger partial charge in [-0.1, -0.05) is 30.3 Å². The molecule has 3 aromatic carbocycles. The van der Waals surface area contributed by atoms with E-state index >= 15 is 0 Å². The molecule has 8 heteroatoms. The number of nitriles is 1. The third-order valence-electron chi connectivity index (χ3n) is 6.21. The molecule has 4 rings (SSSR count). The minimum Gasteiger partial charge on any atom is -0.497 e. The maximum absolute atomic E-state index is 13.5. The summed E-state index contributed by atoms with van der Waals surface area (Å²) in [6.07, 6.45) is 1.63. The van der Waals surface area contributed by atoms with Crippen molar-refractivity contribution in [2.45, 2.75) is 27.0 Å². The number of imide groups is 1. The van der Waals surface area contributed by atoms with Gasteiger partial charge in [-0.05, 0) is 78.6 Å². The second kappa shape index (κ2) is 12.1. The molecule has 0 bridgehead atoms. The van der Waals surface area contributed by atoms with Crippen molar-refractivity contribution in [1.82, 2.24) is 4.90 Å². The standard InChI is InChI=1S/C31H27FN2O5/c1-4-38-29-16-23(9-14-28(29)39-19-22-5-10-24(32)11-6-22)15-26-20(2)27(17-33)31(36)34(30(26)35)18-21-7-12-25(37-3)13-8-21/h5-16H,4,18-19H2,1-3H3/b26-15+. The van der Waals surface area contributed by atoms with E-state index in [1.54, 1.807) is 74.7 Å². The van der Waals surface area contributed by atoms with Gasteiger partial charge in [-0.3, -0.25) is 14.5 Å². The topological polar surface area (TPSA) is 88.9 Å². The van der Waals surface area contributed by atoms with Crippen molar-refractivity contribution in [2.24, 2.45) is 0 Å². The lowest BCUT2D eigenvalue weighted by molar-refractivity contribution is -0.141. The predicted octanol–water partition coefficient (Wildman–Crippen LogP) is 5.60. The minimum atomic E-state index is -0.632. The number of halogens is 1. The highest BCUT2D eigenvalue weighted by Crippen LogP contribution is 2.33. The SMILES string of the molecule is CCOc1cc(/C=C2/C(=O)N(Cc3ccc(OC)cc3)C(=O)C(C#N)=C2C)ccc1OCc1ccc(F)cc1. The highest BCUT2D eigenvalue weighted by molar-refractivity contribution is 6.19. The Morgan fingerprint density at radius 3 is 2.26 bits per heavy atom. The fourth-order valence-corrected chi connectivity index (χ4v) is 4.10. The van der Waals surface area contributed by atoms with Crippen LogP contribution in [-0.2, 0) is 22.7 Å². The van der Waals surface area contributed by atoms with Gasteiger partial charge in [-0.2, -0.15) is 5.26 Å². The van der Waals surface area contributed by atoms with Crippen LogP contribution in [0.1, 0.15) is 30.5 Å². The Morgan fingerprint density at radius 1 is 0.923 bits per heavy atom. The van der Waals surface area contributed by atoms with Crippen molar-refractivity contribution < 1.29 is 28.2 Å². The molecule has 3 aromatic rings. The molecule has 1 aliphatic rings. The van der Waals surface area contributed by atoms with E-state index < -0.39 is 11.8 Å². The number of carbonyl (C=O) groups is 2. The third kappa shape index (κ3) is 6.16. The molecule has 198 valence electrons. The van der Waals surface area contributed by atoms with E-state index in [2.05, 4.69) is 0 Å². The highest BCUT2D eigenvalue weighted by atomic mass is 19.1. The van der Waals surface area contributed by atoms with Gasteiger partial charge in [0.2, 0.25) is 0 Å². The Bertz CT molecular complexity index is 1480. The summed E-state index contributed by atoms with van der Waals surface area (Å²) in [5, 5.41) is 9.71. The molecule has 2 amide bonds. The van der Waals surface area contributed by atoms with Gasteiger partial charge >= 0.3 is 0 Å². The molecule has 1 heterocycles. The van der Waals surface area contributed by atoms with E-state index in [4.69, 9.17) is 14.2 Å². The van der Waals surface area contributed by atoms with Gasteiger partial charge in [0.1, 0.15) is 29.8 Å². The molecule has 0 radical (unpaired) electrons. The van der Waals surface area contributed by atoms with Gasteiger partial charge in [0.25, 0.3) is 11.8 Å². The largest absolute Gasteiger partial charge is 0.497 e. The lowest BCUT2D eigenvalue weighted by Crippen LogP contribution is -2.42. The van der Waals surface area contributed by atoms with Crippen molar-refractivity contribution in [2.75, 3.05) is 13.7 Å². The Morgan fingerprint density at radius 2 is 1.62 bits per heavy atom. The Hall–Kier alpha value is -4.90. The normalized spacial score (nSPS) is 14.4. The van der Waals surface area contributed by atoms with Crippen LogP contribution in [0.25, 0.3) is 6.08 Å².